The smallest absolute Gasteiger partial charge is 0.245 e. The lowest BCUT2D eigenvalue weighted by Gasteiger charge is -2.17. The van der Waals surface area contributed by atoms with Crippen LogP contribution < -0.4 is 5.32 Å². The summed E-state index contributed by atoms with van der Waals surface area (Å²) in [5.74, 6) is -0.319. The number of aromatic nitrogens is 2. The average molecular weight is 342 g/mol. The highest BCUT2D eigenvalue weighted by molar-refractivity contribution is 5.86. The molecule has 1 fully saturated rings. The Labute approximate surface area is 147 Å². The minimum absolute atomic E-state index is 0.0177. The Hall–Kier alpha value is -2.50. The first kappa shape index (κ1) is 17.3. The second-order valence-corrected chi connectivity index (χ2v) is 6.24. The van der Waals surface area contributed by atoms with Crippen molar-refractivity contribution in [3.8, 4) is 0 Å². The molecular formula is C19H23FN4O. The fourth-order valence-corrected chi connectivity index (χ4v) is 3.13. The highest BCUT2D eigenvalue weighted by Gasteiger charge is 2.32. The molecule has 0 aliphatic carbocycles. The number of likely N-dealkylation sites (tertiary alicyclic amines) is 1. The van der Waals surface area contributed by atoms with E-state index in [1.165, 1.54) is 11.9 Å². The van der Waals surface area contributed by atoms with E-state index >= 15 is 0 Å². The van der Waals surface area contributed by atoms with Crippen molar-refractivity contribution < 1.29 is 9.18 Å². The third-order valence-corrected chi connectivity index (χ3v) is 4.54. The van der Waals surface area contributed by atoms with Crippen LogP contribution in [-0.4, -0.2) is 39.9 Å². The van der Waals surface area contributed by atoms with Gasteiger partial charge in [0.15, 0.2) is 11.6 Å². The molecule has 1 N–H and O–H groups in total. The monoisotopic (exact) mass is 342 g/mol. The highest BCUT2D eigenvalue weighted by Crippen LogP contribution is 2.20. The lowest BCUT2D eigenvalue weighted by Crippen LogP contribution is -2.34. The van der Waals surface area contributed by atoms with E-state index in [4.69, 9.17) is 0 Å². The quantitative estimate of drug-likeness (QED) is 0.841. The number of carbonyl (C=O) groups is 1. The molecule has 1 aromatic heterocycles. The Kier molecular flexibility index (Phi) is 5.58. The Morgan fingerprint density at radius 1 is 1.28 bits per heavy atom. The summed E-state index contributed by atoms with van der Waals surface area (Å²) in [4.78, 5) is 22.2. The Bertz CT molecular complexity index is 723. The van der Waals surface area contributed by atoms with Gasteiger partial charge in [-0.2, -0.15) is 0 Å². The lowest BCUT2D eigenvalue weighted by atomic mass is 10.1. The van der Waals surface area contributed by atoms with Crippen LogP contribution in [0.25, 0.3) is 0 Å². The van der Waals surface area contributed by atoms with Gasteiger partial charge in [-0.3, -0.25) is 4.79 Å². The Morgan fingerprint density at radius 3 is 2.84 bits per heavy atom. The molecule has 1 aromatic carbocycles. The number of rotatable bonds is 7. The molecule has 2 aromatic rings. The van der Waals surface area contributed by atoms with Gasteiger partial charge in [-0.1, -0.05) is 37.3 Å². The van der Waals surface area contributed by atoms with Gasteiger partial charge in [-0.15, -0.1) is 0 Å². The minimum atomic E-state index is -0.458. The molecule has 25 heavy (non-hydrogen) atoms. The van der Waals surface area contributed by atoms with Crippen LogP contribution in [0.15, 0.2) is 36.7 Å². The van der Waals surface area contributed by atoms with Gasteiger partial charge in [0.1, 0.15) is 12.4 Å². The van der Waals surface area contributed by atoms with Crippen molar-refractivity contribution >= 4 is 11.7 Å². The van der Waals surface area contributed by atoms with Gasteiger partial charge in [-0.25, -0.2) is 14.4 Å². The van der Waals surface area contributed by atoms with Gasteiger partial charge >= 0.3 is 0 Å². The number of carbonyl (C=O) groups excluding carboxylic acids is 1. The van der Waals surface area contributed by atoms with E-state index in [-0.39, 0.29) is 11.7 Å². The third kappa shape index (κ3) is 4.13. The number of hydrogen-bond acceptors (Lipinski definition) is 4. The predicted octanol–water partition coefficient (Wildman–Crippen LogP) is 2.82. The number of amides is 1. The molecule has 1 aliphatic rings. The van der Waals surface area contributed by atoms with E-state index in [9.17, 15) is 9.18 Å². The molecule has 0 spiro atoms. The van der Waals surface area contributed by atoms with Crippen molar-refractivity contribution in [2.24, 2.45) is 0 Å². The zero-order chi connectivity index (χ0) is 17.6. The number of hydrogen-bond donors (Lipinski definition) is 1. The van der Waals surface area contributed by atoms with Crippen molar-refractivity contribution in [1.82, 2.24) is 14.9 Å². The van der Waals surface area contributed by atoms with Crippen molar-refractivity contribution in [1.29, 1.82) is 0 Å². The first-order valence-electron chi connectivity index (χ1n) is 8.77. The second kappa shape index (κ2) is 8.05. The highest BCUT2D eigenvalue weighted by atomic mass is 19.1. The minimum Gasteiger partial charge on any atom is -0.356 e. The molecule has 5 nitrogen and oxygen atoms in total. The number of benzene rings is 1. The van der Waals surface area contributed by atoms with Crippen LogP contribution in [0.3, 0.4) is 0 Å². The molecule has 1 amide bonds. The summed E-state index contributed by atoms with van der Waals surface area (Å²) in [6.07, 6.45) is 4.36. The van der Waals surface area contributed by atoms with Crippen LogP contribution in [-0.2, 0) is 17.6 Å². The van der Waals surface area contributed by atoms with Gasteiger partial charge in [-0.05, 0) is 31.2 Å². The number of aryl methyl sites for hydroxylation is 2. The van der Waals surface area contributed by atoms with Gasteiger partial charge in [0.2, 0.25) is 5.91 Å². The molecule has 0 bridgehead atoms. The maximum Gasteiger partial charge on any atom is 0.245 e. The van der Waals surface area contributed by atoms with Crippen LogP contribution in [0.2, 0.25) is 0 Å². The summed E-state index contributed by atoms with van der Waals surface area (Å²) in [6, 6.07) is 9.83. The van der Waals surface area contributed by atoms with Crippen molar-refractivity contribution in [3.63, 3.8) is 0 Å². The van der Waals surface area contributed by atoms with E-state index in [0.717, 1.165) is 19.4 Å². The lowest BCUT2D eigenvalue weighted by molar-refractivity contribution is -0.128. The van der Waals surface area contributed by atoms with E-state index < -0.39 is 11.9 Å². The normalized spacial score (nSPS) is 17.1. The van der Waals surface area contributed by atoms with Crippen molar-refractivity contribution in [3.05, 3.63) is 53.7 Å². The van der Waals surface area contributed by atoms with Gasteiger partial charge in [0.25, 0.3) is 0 Å². The van der Waals surface area contributed by atoms with E-state index in [1.807, 2.05) is 30.0 Å². The molecule has 1 saturated heterocycles. The molecule has 1 unspecified atom stereocenters. The third-order valence-electron chi connectivity index (χ3n) is 4.54. The van der Waals surface area contributed by atoms with Crippen LogP contribution in [0.5, 0.6) is 0 Å². The number of nitrogens with zero attached hydrogens (tertiary/aromatic N) is 3. The molecule has 6 heteroatoms. The average Bonchev–Trinajstić information content (AvgIpc) is 2.98. The fourth-order valence-electron chi connectivity index (χ4n) is 3.13. The van der Waals surface area contributed by atoms with Gasteiger partial charge < -0.3 is 10.2 Å². The SMILES string of the molecule is CCc1ncnc(NC2CCN(CCCc3ccccc3)C2=O)c1F. The van der Waals surface area contributed by atoms with E-state index in [0.29, 0.717) is 25.1 Å². The van der Waals surface area contributed by atoms with Crippen LogP contribution >= 0.6 is 0 Å². The summed E-state index contributed by atoms with van der Waals surface area (Å²) in [5, 5.41) is 2.95. The molecule has 0 radical (unpaired) electrons. The zero-order valence-electron chi connectivity index (χ0n) is 14.4. The largest absolute Gasteiger partial charge is 0.356 e. The summed E-state index contributed by atoms with van der Waals surface area (Å²) in [7, 11) is 0. The van der Waals surface area contributed by atoms with Crippen molar-refractivity contribution in [2.45, 2.75) is 38.6 Å². The summed E-state index contributed by atoms with van der Waals surface area (Å²) >= 11 is 0. The first-order chi connectivity index (χ1) is 12.2. The molecule has 0 saturated carbocycles. The van der Waals surface area contributed by atoms with Crippen LogP contribution in [0.4, 0.5) is 10.2 Å². The molecule has 1 aliphatic heterocycles. The first-order valence-corrected chi connectivity index (χ1v) is 8.77. The molecule has 1 atom stereocenters. The van der Waals surface area contributed by atoms with Crippen LogP contribution in [0, 0.1) is 5.82 Å². The predicted molar refractivity (Wildman–Crippen MR) is 94.7 cm³/mol. The second-order valence-electron chi connectivity index (χ2n) is 6.24. The van der Waals surface area contributed by atoms with E-state index in [2.05, 4.69) is 27.4 Å². The Balaban J connectivity index is 1.53. The topological polar surface area (TPSA) is 58.1 Å². The number of halogens is 1. The molecule has 2 heterocycles. The summed E-state index contributed by atoms with van der Waals surface area (Å²) in [6.45, 7) is 3.25. The van der Waals surface area contributed by atoms with Gasteiger partial charge in [0, 0.05) is 13.1 Å². The maximum atomic E-state index is 14.2. The Morgan fingerprint density at radius 2 is 2.08 bits per heavy atom. The summed E-state index contributed by atoms with van der Waals surface area (Å²) in [5.41, 5.74) is 1.64. The number of nitrogens with one attached hydrogen (secondary N) is 1. The molecule has 3 rings (SSSR count). The molecule has 132 valence electrons. The number of anilines is 1. The fraction of sp³-hybridized carbons (Fsp3) is 0.421. The maximum absolute atomic E-state index is 14.2. The standard InChI is InChI=1S/C19H23FN4O/c1-2-15-17(20)18(22-13-21-15)23-16-10-12-24(19(16)25)11-6-9-14-7-4-3-5-8-14/h3-5,7-8,13,16H,2,6,9-12H2,1H3,(H,21,22,23). The van der Waals surface area contributed by atoms with E-state index in [1.54, 1.807) is 0 Å². The zero-order valence-corrected chi connectivity index (χ0v) is 14.4. The van der Waals surface area contributed by atoms with Gasteiger partial charge in [0.05, 0.1) is 5.69 Å². The van der Waals surface area contributed by atoms with Crippen LogP contribution in [0.1, 0.15) is 31.0 Å². The van der Waals surface area contributed by atoms with Crippen molar-refractivity contribution in [2.75, 3.05) is 18.4 Å². The molecular weight excluding hydrogens is 319 g/mol. The summed E-state index contributed by atoms with van der Waals surface area (Å²) < 4.78 is 14.2.